The molecule has 0 fully saturated rings. The van der Waals surface area contributed by atoms with Gasteiger partial charge in [0.25, 0.3) is 0 Å². The van der Waals surface area contributed by atoms with Gasteiger partial charge in [-0.3, -0.25) is 0 Å². The Morgan fingerprint density at radius 1 is 0.727 bits per heavy atom. The summed E-state index contributed by atoms with van der Waals surface area (Å²) in [7, 11) is 6.60. The number of rotatable bonds is 5. The maximum Gasteiger partial charge on any atom is 0.238 e. The number of aliphatic imine (C=N–C) groups is 3. The second-order valence-electron chi connectivity index (χ2n) is 10.0. The summed E-state index contributed by atoms with van der Waals surface area (Å²) in [5.74, 6) is -10.4. The van der Waals surface area contributed by atoms with Crippen molar-refractivity contribution in [2.24, 2.45) is 20.7 Å². The summed E-state index contributed by atoms with van der Waals surface area (Å²) in [6.07, 6.45) is 0. The molecule has 0 bridgehead atoms. The minimum atomic E-state index is -2.27. The highest BCUT2D eigenvalue weighted by Gasteiger charge is 2.31. The number of hydrogen-bond donors (Lipinski definition) is 1. The summed E-state index contributed by atoms with van der Waals surface area (Å²) in [5, 5.41) is 1.30. The lowest BCUT2D eigenvalue weighted by atomic mass is 10.1. The molecule has 2 radical (unpaired) electrons. The first-order valence-corrected chi connectivity index (χ1v) is 13.2. The number of benzene rings is 4. The van der Waals surface area contributed by atoms with Crippen LogP contribution >= 0.6 is 0 Å². The molecule has 7 rings (SSSR count). The van der Waals surface area contributed by atoms with E-state index in [0.29, 0.717) is 39.7 Å². The summed E-state index contributed by atoms with van der Waals surface area (Å²) in [6, 6.07) is 21.8. The third kappa shape index (κ3) is 4.22. The number of hydrogen-bond acceptors (Lipinski definition) is 4. The average Bonchev–Trinajstić information content (AvgIpc) is 3.65. The van der Waals surface area contributed by atoms with Gasteiger partial charge >= 0.3 is 0 Å². The molecule has 4 aromatic carbocycles. The predicted octanol–water partition coefficient (Wildman–Crippen LogP) is 6.00. The van der Waals surface area contributed by atoms with Crippen molar-refractivity contribution in [3.05, 3.63) is 124 Å². The smallest absolute Gasteiger partial charge is 0.238 e. The van der Waals surface area contributed by atoms with Crippen molar-refractivity contribution in [1.29, 1.82) is 0 Å². The minimum Gasteiger partial charge on any atom is -0.467 e. The van der Waals surface area contributed by atoms with E-state index in [-0.39, 0.29) is 12.4 Å². The summed E-state index contributed by atoms with van der Waals surface area (Å²) < 4.78 is 76.4. The molecule has 0 saturated carbocycles. The van der Waals surface area contributed by atoms with Crippen LogP contribution in [-0.2, 0) is 6.54 Å². The van der Waals surface area contributed by atoms with E-state index in [0.717, 1.165) is 16.7 Å². The van der Waals surface area contributed by atoms with Crippen LogP contribution in [0.4, 0.5) is 33.6 Å². The molecule has 0 spiro atoms. The van der Waals surface area contributed by atoms with Crippen molar-refractivity contribution < 1.29 is 26.7 Å². The van der Waals surface area contributed by atoms with Crippen LogP contribution in [-0.4, -0.2) is 41.6 Å². The van der Waals surface area contributed by atoms with Crippen LogP contribution in [0.5, 0.6) is 5.75 Å². The predicted molar refractivity (Wildman–Crippen MR) is 156 cm³/mol. The zero-order valence-electron chi connectivity index (χ0n) is 22.5. The summed E-state index contributed by atoms with van der Waals surface area (Å²) in [6.45, 7) is -0.414. The van der Waals surface area contributed by atoms with Gasteiger partial charge in [0.05, 0.1) is 0 Å². The number of ether oxygens (including phenoxy) is 1. The molecule has 13 heteroatoms. The SMILES string of the molecule is [B]n1c(N=C2N=C(N)c3ccccc32)c2ccccc2c1N=C1c2ccccc2CN1COc1c(F)c(F)c(F)c(F)c1F. The standard InChI is InChI=1S/C31H18BF5N6O/c32-43-30(40-28-18-10-4-3-9-17(18)27(38)39-28)19-11-5-6-12-20(19)31(43)41-29-16-8-2-1-7-15(16)13-42(29)14-44-26-24(36)22(34)21(33)23(35)25(26)37/h1-12H,13-14H2,(H2,38,39,40). The molecule has 0 atom stereocenters. The Kier molecular flexibility index (Phi) is 6.45. The number of halogens is 5. The van der Waals surface area contributed by atoms with Gasteiger partial charge in [-0.1, -0.05) is 72.8 Å². The molecule has 2 aliphatic rings. The van der Waals surface area contributed by atoms with Crippen molar-refractivity contribution >= 4 is 47.9 Å². The van der Waals surface area contributed by atoms with Crippen LogP contribution in [0.15, 0.2) is 87.8 Å². The van der Waals surface area contributed by atoms with Gasteiger partial charge in [-0.05, 0) is 5.56 Å². The molecule has 0 saturated heterocycles. The first kappa shape index (κ1) is 27.4. The van der Waals surface area contributed by atoms with Crippen LogP contribution < -0.4 is 10.5 Å². The number of amidine groups is 3. The quantitative estimate of drug-likeness (QED) is 0.117. The van der Waals surface area contributed by atoms with E-state index in [9.17, 15) is 22.0 Å². The topological polar surface area (TPSA) is 80.5 Å². The van der Waals surface area contributed by atoms with Gasteiger partial charge in [-0.15, -0.1) is 0 Å². The van der Waals surface area contributed by atoms with Gasteiger partial charge in [-0.25, -0.2) is 28.1 Å². The third-order valence-corrected chi connectivity index (χ3v) is 7.41. The Morgan fingerprint density at radius 2 is 1.27 bits per heavy atom. The number of fused-ring (bicyclic) bond motifs is 3. The van der Waals surface area contributed by atoms with Crippen LogP contribution in [0, 0.1) is 29.1 Å². The number of aromatic nitrogens is 1. The maximum atomic E-state index is 14.4. The lowest BCUT2D eigenvalue weighted by Crippen LogP contribution is -2.30. The molecule has 5 aromatic rings. The molecule has 7 nitrogen and oxygen atoms in total. The van der Waals surface area contributed by atoms with Crippen LogP contribution in [0.3, 0.4) is 0 Å². The zero-order valence-corrected chi connectivity index (χ0v) is 22.5. The van der Waals surface area contributed by atoms with Crippen molar-refractivity contribution in [2.45, 2.75) is 6.54 Å². The highest BCUT2D eigenvalue weighted by Crippen LogP contribution is 2.39. The highest BCUT2D eigenvalue weighted by molar-refractivity contribution is 6.24. The van der Waals surface area contributed by atoms with Crippen LogP contribution in [0.25, 0.3) is 10.8 Å². The lowest BCUT2D eigenvalue weighted by Gasteiger charge is -2.20. The first-order chi connectivity index (χ1) is 21.2. The van der Waals surface area contributed by atoms with E-state index in [1.807, 2.05) is 42.5 Å². The summed E-state index contributed by atoms with van der Waals surface area (Å²) >= 11 is 0. The monoisotopic (exact) mass is 596 g/mol. The van der Waals surface area contributed by atoms with Gasteiger partial charge < -0.3 is 19.8 Å². The van der Waals surface area contributed by atoms with Crippen molar-refractivity contribution in [2.75, 3.05) is 6.73 Å². The van der Waals surface area contributed by atoms with E-state index in [1.54, 1.807) is 30.3 Å². The van der Waals surface area contributed by atoms with E-state index < -0.39 is 41.6 Å². The summed E-state index contributed by atoms with van der Waals surface area (Å²) in [5.41, 5.74) is 9.05. The Labute approximate surface area is 247 Å². The molecule has 2 aliphatic heterocycles. The Balaban J connectivity index is 1.33. The molecule has 3 heterocycles. The average molecular weight is 596 g/mol. The van der Waals surface area contributed by atoms with E-state index in [2.05, 4.69) is 4.99 Å². The molecular formula is C31H18BF5N6O. The summed E-state index contributed by atoms with van der Waals surface area (Å²) in [4.78, 5) is 15.5. The second-order valence-corrected chi connectivity index (χ2v) is 10.0. The van der Waals surface area contributed by atoms with Gasteiger partial charge in [-0.2, -0.15) is 8.78 Å². The van der Waals surface area contributed by atoms with Gasteiger partial charge in [0.15, 0.2) is 18.3 Å². The lowest BCUT2D eigenvalue weighted by molar-refractivity contribution is 0.171. The maximum absolute atomic E-state index is 14.4. The molecule has 1 aromatic heterocycles. The van der Waals surface area contributed by atoms with E-state index in [4.69, 9.17) is 28.4 Å². The molecule has 0 aliphatic carbocycles. The normalized spacial score (nSPS) is 15.8. The van der Waals surface area contributed by atoms with Crippen LogP contribution in [0.1, 0.15) is 22.3 Å². The largest absolute Gasteiger partial charge is 0.467 e. The van der Waals surface area contributed by atoms with Crippen molar-refractivity contribution in [1.82, 2.24) is 9.38 Å². The highest BCUT2D eigenvalue weighted by atomic mass is 19.2. The molecular weight excluding hydrogens is 578 g/mol. The second kappa shape index (κ2) is 10.4. The van der Waals surface area contributed by atoms with Gasteiger partial charge in [0.1, 0.15) is 23.3 Å². The van der Waals surface area contributed by atoms with Crippen molar-refractivity contribution in [3.8, 4) is 5.75 Å². The van der Waals surface area contributed by atoms with Gasteiger partial charge in [0.2, 0.25) is 37.1 Å². The van der Waals surface area contributed by atoms with E-state index in [1.165, 1.54) is 9.38 Å². The Morgan fingerprint density at radius 3 is 1.95 bits per heavy atom. The third-order valence-electron chi connectivity index (χ3n) is 7.41. The molecule has 216 valence electrons. The zero-order chi connectivity index (χ0) is 30.7. The fraction of sp³-hybridized carbons (Fsp3) is 0.0645. The van der Waals surface area contributed by atoms with Crippen molar-refractivity contribution in [3.63, 3.8) is 0 Å². The molecule has 2 N–H and O–H groups in total. The number of nitrogens with zero attached hydrogens (tertiary/aromatic N) is 5. The fourth-order valence-electron chi connectivity index (χ4n) is 5.30. The minimum absolute atomic E-state index is 0.174. The first-order valence-electron chi connectivity index (χ1n) is 13.2. The Bertz CT molecular complexity index is 2080. The fourth-order valence-corrected chi connectivity index (χ4v) is 5.30. The molecule has 0 amide bonds. The van der Waals surface area contributed by atoms with E-state index >= 15 is 0 Å². The number of nitrogens with two attached hydrogens (primary N) is 1. The van der Waals surface area contributed by atoms with Crippen LogP contribution in [0.2, 0.25) is 0 Å². The Hall–Kier alpha value is -5.46. The molecule has 0 unspecified atom stereocenters. The van der Waals surface area contributed by atoms with Gasteiger partial charge in [0, 0.05) is 34.0 Å². The molecule has 44 heavy (non-hydrogen) atoms.